The summed E-state index contributed by atoms with van der Waals surface area (Å²) in [5, 5.41) is 0. The van der Waals surface area contributed by atoms with Crippen LogP contribution in [-0.4, -0.2) is 18.1 Å². The third-order valence-corrected chi connectivity index (χ3v) is 16.5. The van der Waals surface area contributed by atoms with Crippen LogP contribution in [0.1, 0.15) is 396 Å². The molecule has 0 aliphatic carbocycles. The van der Waals surface area contributed by atoms with E-state index in [4.69, 9.17) is 4.74 Å². The van der Waals surface area contributed by atoms with E-state index in [0.717, 1.165) is 56.6 Å². The van der Waals surface area contributed by atoms with E-state index in [-0.39, 0.29) is 5.41 Å². The first kappa shape index (κ1) is 130. The van der Waals surface area contributed by atoms with Gasteiger partial charge >= 0.3 is 0 Å². The fraction of sp³-hybridized carbons (Fsp3) is 0.566. The Labute approximate surface area is 733 Å². The van der Waals surface area contributed by atoms with Crippen molar-refractivity contribution in [1.29, 1.82) is 0 Å². The second kappa shape index (κ2) is 105. The maximum atomic E-state index is 10.8. The van der Waals surface area contributed by atoms with E-state index in [1.807, 2.05) is 72.4 Å². The predicted molar refractivity (Wildman–Crippen MR) is 544 cm³/mol. The second-order valence-corrected chi connectivity index (χ2v) is 30.9. The van der Waals surface area contributed by atoms with Crippen molar-refractivity contribution in [3.63, 3.8) is 0 Å². The molecule has 0 radical (unpaired) electrons. The van der Waals surface area contributed by atoms with Crippen molar-refractivity contribution in [1.82, 2.24) is 0 Å². The average molecular weight is 1620 g/mol. The fourth-order valence-electron chi connectivity index (χ4n) is 8.24. The maximum absolute atomic E-state index is 10.8. The predicted octanol–water partition coefficient (Wildman–Crippen LogP) is 38.1. The summed E-state index contributed by atoms with van der Waals surface area (Å²) >= 11 is 1.89. The summed E-state index contributed by atoms with van der Waals surface area (Å²) in [4.78, 5) is 12.2. The number of hydrogen-bond donors (Lipinski definition) is 0. The normalized spacial score (nSPS) is 9.02. The minimum absolute atomic E-state index is 0.130. The summed E-state index contributed by atoms with van der Waals surface area (Å²) in [6.07, 6.45) is 27.9. The van der Waals surface area contributed by atoms with Crippen molar-refractivity contribution in [3.05, 3.63) is 272 Å². The third-order valence-electron chi connectivity index (χ3n) is 15.6. The van der Waals surface area contributed by atoms with Gasteiger partial charge in [-0.3, -0.25) is 4.79 Å². The highest BCUT2D eigenvalue weighted by Crippen LogP contribution is 2.19. The van der Waals surface area contributed by atoms with Crippen LogP contribution in [0.3, 0.4) is 0 Å². The van der Waals surface area contributed by atoms with Crippen LogP contribution in [0, 0.1) is 47.0 Å². The smallest absolute Gasteiger partial charge is 0.137 e. The Morgan fingerprint density at radius 2 is 0.457 bits per heavy atom. The molecule has 0 N–H and O–H groups in total. The summed E-state index contributed by atoms with van der Waals surface area (Å²) < 4.78 is 5.31. The third kappa shape index (κ3) is 102. The Morgan fingerprint density at radius 3 is 0.586 bits per heavy atom. The molecule has 0 fully saturated rings. The summed E-state index contributed by atoms with van der Waals surface area (Å²) in [7, 11) is 0. The van der Waals surface area contributed by atoms with Gasteiger partial charge in [0.25, 0.3) is 0 Å². The van der Waals surface area contributed by atoms with Gasteiger partial charge in [-0.1, -0.05) is 508 Å². The maximum Gasteiger partial charge on any atom is 0.137 e. The highest BCUT2D eigenvalue weighted by atomic mass is 32.2. The van der Waals surface area contributed by atoms with Crippen LogP contribution in [0.25, 0.3) is 0 Å². The highest BCUT2D eigenvalue weighted by Gasteiger charge is 2.18. The molecule has 0 aliphatic heterocycles. The number of carbonyl (C=O) groups excluding carboxylic acids is 1. The topological polar surface area (TPSA) is 26.3 Å². The molecule has 0 saturated heterocycles. The number of ether oxygens (including phenoxy) is 1. The number of aryl methyl sites for hydroxylation is 14. The molecule has 0 bridgehead atoms. The number of rotatable bonds is 19. The van der Waals surface area contributed by atoms with Crippen molar-refractivity contribution in [2.45, 2.75) is 416 Å². The zero-order chi connectivity index (χ0) is 91.0. The van der Waals surface area contributed by atoms with Gasteiger partial charge < -0.3 is 4.74 Å². The Balaban J connectivity index is -0.000000131. The molecule has 666 valence electrons. The van der Waals surface area contributed by atoms with Crippen molar-refractivity contribution in [2.75, 3.05) is 12.4 Å². The van der Waals surface area contributed by atoms with E-state index < -0.39 is 0 Å². The number of Topliss-reactive ketones (excluding diaryl/α,β-unsaturated/α-hetero) is 1. The van der Waals surface area contributed by atoms with Gasteiger partial charge in [0.2, 0.25) is 0 Å². The van der Waals surface area contributed by atoms with Crippen molar-refractivity contribution < 1.29 is 9.53 Å². The van der Waals surface area contributed by atoms with Gasteiger partial charge in [-0.15, -0.1) is 11.8 Å². The van der Waals surface area contributed by atoms with Crippen molar-refractivity contribution in [2.24, 2.45) is 5.41 Å². The van der Waals surface area contributed by atoms with E-state index in [1.165, 1.54) is 186 Å². The van der Waals surface area contributed by atoms with E-state index in [2.05, 4.69) is 397 Å². The molecule has 0 saturated carbocycles. The molecule has 0 heterocycles. The van der Waals surface area contributed by atoms with E-state index in [0.29, 0.717) is 12.2 Å². The number of carbonyl (C=O) groups is 1. The SMILES string of the molecule is CC.CCC.CCC.CCC.CCC.CCC.CCC(=O)C(C)(C)C.CCCC.CCCC.CCCCC.CCCc1ccc(C)cc1.CCCc1ccc(C)cc1.CCOc1ccc(CC)cc1.CCSc1ccc(CC)cc1.CCc1ccc(C)cc1.CCc1ccc(C)cc1.CCc1ccc(C)cc1.CCc1ccc(C)cc1. The van der Waals surface area contributed by atoms with Crippen LogP contribution in [0.5, 0.6) is 5.75 Å². The van der Waals surface area contributed by atoms with Gasteiger partial charge in [-0.05, 0) is 174 Å². The number of benzene rings is 8. The quantitative estimate of drug-likeness (QED) is 0.0755. The van der Waals surface area contributed by atoms with E-state index in [9.17, 15) is 4.79 Å². The zero-order valence-electron chi connectivity index (χ0n) is 84.4. The molecule has 2 nitrogen and oxygen atoms in total. The molecule has 0 aromatic heterocycles. The van der Waals surface area contributed by atoms with Crippen LogP contribution in [0.4, 0.5) is 0 Å². The number of thioether (sulfide) groups is 1. The standard InChI is InChI=1S/C10H14O.C10H14S.2C10H14.4C9H12.C7H14O.C5H12.2C4H10.5C3H8.C2H6/c2*1-3-9-5-7-10(8-6-9)11-4-2;2*1-3-4-10-7-5-9(2)6-8-10;4*1-3-9-6-4-8(2)5-7-9;1-5-6(8)7(2,3)4;1-3-5-4-2;2*1-3-4-2;5*1-3-2;1-2/h2*5-8H,3-4H2,1-2H3;2*5-8H,3-4H2,1-2H3;4*4-7H,3H2,1-2H3;5H2,1-4H3;3-5H2,1-2H3;2*3-4H2,1-2H3;5*3H2,1-2H3;1-2H3. The van der Waals surface area contributed by atoms with Crippen molar-refractivity contribution in [3.8, 4) is 5.75 Å². The molecule has 8 aromatic rings. The lowest BCUT2D eigenvalue weighted by Crippen LogP contribution is -2.18. The van der Waals surface area contributed by atoms with Gasteiger partial charge in [-0.25, -0.2) is 0 Å². The van der Waals surface area contributed by atoms with Crippen molar-refractivity contribution >= 4 is 17.5 Å². The van der Waals surface area contributed by atoms with Crippen LogP contribution in [-0.2, 0) is 56.2 Å². The minimum Gasteiger partial charge on any atom is -0.494 e. The van der Waals surface area contributed by atoms with Crippen LogP contribution < -0.4 is 4.74 Å². The molecule has 0 atom stereocenters. The van der Waals surface area contributed by atoms with Crippen LogP contribution in [0.15, 0.2) is 199 Å². The first-order valence-corrected chi connectivity index (χ1v) is 47.8. The number of hydrogen-bond acceptors (Lipinski definition) is 3. The fourth-order valence-corrected chi connectivity index (χ4v) is 8.90. The molecule has 8 rings (SSSR count). The molecule has 3 heteroatoms. The highest BCUT2D eigenvalue weighted by molar-refractivity contribution is 7.99. The summed E-state index contributed by atoms with van der Waals surface area (Å²) in [5.74, 6) is 2.45. The average Bonchev–Trinajstić information content (AvgIpc) is 0.911. The Bertz CT molecular complexity index is 2740. The molecular formula is C113H196O2S. The first-order chi connectivity index (χ1) is 55.5. The lowest BCUT2D eigenvalue weighted by atomic mass is 9.90. The monoisotopic (exact) mass is 1620 g/mol. The zero-order valence-corrected chi connectivity index (χ0v) is 85.2. The van der Waals surface area contributed by atoms with Gasteiger partial charge in [0.1, 0.15) is 11.5 Å². The lowest BCUT2D eigenvalue weighted by molar-refractivity contribution is -0.125. The van der Waals surface area contributed by atoms with Gasteiger partial charge in [0.05, 0.1) is 6.61 Å². The van der Waals surface area contributed by atoms with Gasteiger partial charge in [0, 0.05) is 16.7 Å². The molecule has 0 spiro atoms. The molecule has 0 amide bonds. The Hall–Kier alpha value is -6.42. The minimum atomic E-state index is -0.130. The van der Waals surface area contributed by atoms with Gasteiger partial charge in [-0.2, -0.15) is 0 Å². The van der Waals surface area contributed by atoms with E-state index in [1.54, 1.807) is 0 Å². The summed E-state index contributed by atoms with van der Waals surface area (Å²) in [5.41, 5.74) is 19.3. The molecule has 0 unspecified atom stereocenters. The number of unbranched alkanes of at least 4 members (excludes halogenated alkanes) is 4. The van der Waals surface area contributed by atoms with E-state index >= 15 is 0 Å². The number of ketones is 1. The largest absolute Gasteiger partial charge is 0.494 e. The van der Waals surface area contributed by atoms with Crippen LogP contribution >= 0.6 is 11.8 Å². The lowest BCUT2D eigenvalue weighted by Gasteiger charge is -2.13. The Kier molecular flexibility index (Phi) is 118. The molecule has 0 aliphatic rings. The summed E-state index contributed by atoms with van der Waals surface area (Å²) in [6.45, 7) is 81.2. The molecular weight excluding hydrogens is 1420 g/mol. The van der Waals surface area contributed by atoms with Crippen LogP contribution in [0.2, 0.25) is 0 Å². The Morgan fingerprint density at radius 1 is 0.267 bits per heavy atom. The molecule has 116 heavy (non-hydrogen) atoms. The summed E-state index contributed by atoms with van der Waals surface area (Å²) in [6, 6.07) is 69.2. The second-order valence-electron chi connectivity index (χ2n) is 29.6. The molecule has 8 aromatic carbocycles. The van der Waals surface area contributed by atoms with Gasteiger partial charge in [0.15, 0.2) is 0 Å². The first-order valence-electron chi connectivity index (χ1n) is 46.8.